The Morgan fingerprint density at radius 1 is 0.909 bits per heavy atom. The van der Waals surface area contributed by atoms with Crippen molar-refractivity contribution in [2.45, 2.75) is 53.4 Å². The molecular weight excluding hydrogens is 132 g/mol. The van der Waals surface area contributed by atoms with Crippen LogP contribution in [0, 0.1) is 17.3 Å². The second kappa shape index (κ2) is 3.16. The molecule has 0 heteroatoms. The van der Waals surface area contributed by atoms with E-state index < -0.39 is 0 Å². The van der Waals surface area contributed by atoms with E-state index in [0.717, 1.165) is 11.8 Å². The first-order valence-electron chi connectivity index (χ1n) is 4.99. The molecule has 0 nitrogen and oxygen atoms in total. The first-order chi connectivity index (χ1) is 4.99. The van der Waals surface area contributed by atoms with Crippen LogP contribution in [0.15, 0.2) is 0 Å². The summed E-state index contributed by atoms with van der Waals surface area (Å²) in [5.74, 6) is 1.91. The molecule has 0 spiro atoms. The minimum atomic E-state index is 0.606. The van der Waals surface area contributed by atoms with Crippen LogP contribution in [0.25, 0.3) is 0 Å². The van der Waals surface area contributed by atoms with E-state index >= 15 is 0 Å². The third-order valence-electron chi connectivity index (χ3n) is 2.95. The topological polar surface area (TPSA) is 0 Å². The van der Waals surface area contributed by atoms with Crippen LogP contribution in [0.5, 0.6) is 0 Å². The zero-order valence-electron chi connectivity index (χ0n) is 8.48. The predicted molar refractivity (Wildman–Crippen MR) is 50.6 cm³/mol. The van der Waals surface area contributed by atoms with Crippen LogP contribution >= 0.6 is 0 Å². The molecule has 0 bridgehead atoms. The molecule has 0 N–H and O–H groups in total. The quantitative estimate of drug-likeness (QED) is 0.465. The van der Waals surface area contributed by atoms with Crippen molar-refractivity contribution < 1.29 is 0 Å². The monoisotopic (exact) mass is 154 g/mol. The van der Waals surface area contributed by atoms with Gasteiger partial charge < -0.3 is 0 Å². The van der Waals surface area contributed by atoms with E-state index in [9.17, 15) is 0 Å². The Hall–Kier alpha value is 0. The molecule has 0 aromatic heterocycles. The van der Waals surface area contributed by atoms with Crippen LogP contribution in [0.3, 0.4) is 0 Å². The van der Waals surface area contributed by atoms with Gasteiger partial charge in [-0.1, -0.05) is 40.5 Å². The minimum absolute atomic E-state index is 0.606. The van der Waals surface area contributed by atoms with E-state index in [4.69, 9.17) is 0 Å². The highest BCUT2D eigenvalue weighted by Crippen LogP contribution is 2.39. The Kier molecular flexibility index (Phi) is 2.61. The SMILES string of the molecule is CC1CC[C@H](C)CC(C)(C)C1. The molecule has 11 heavy (non-hydrogen) atoms. The van der Waals surface area contributed by atoms with Gasteiger partial charge in [-0.3, -0.25) is 0 Å². The molecule has 0 aliphatic heterocycles. The smallest absolute Gasteiger partial charge is 0.0349 e. The molecule has 1 unspecified atom stereocenters. The molecule has 1 fully saturated rings. The molecule has 1 aliphatic carbocycles. The second-order valence-corrected chi connectivity index (χ2v) is 5.36. The Bertz CT molecular complexity index is 110. The van der Waals surface area contributed by atoms with E-state index in [1.165, 1.54) is 25.7 Å². The maximum absolute atomic E-state index is 2.42. The van der Waals surface area contributed by atoms with Gasteiger partial charge >= 0.3 is 0 Å². The van der Waals surface area contributed by atoms with Gasteiger partial charge in [0.15, 0.2) is 0 Å². The molecule has 66 valence electrons. The fourth-order valence-electron chi connectivity index (χ4n) is 2.74. The lowest BCUT2D eigenvalue weighted by molar-refractivity contribution is 0.255. The normalized spacial score (nSPS) is 38.2. The lowest BCUT2D eigenvalue weighted by Crippen LogP contribution is -2.14. The molecule has 0 radical (unpaired) electrons. The summed E-state index contributed by atoms with van der Waals surface area (Å²) in [5, 5.41) is 0. The summed E-state index contributed by atoms with van der Waals surface area (Å²) in [6.07, 6.45) is 5.75. The molecule has 1 saturated carbocycles. The Morgan fingerprint density at radius 3 is 1.64 bits per heavy atom. The highest BCUT2D eigenvalue weighted by molar-refractivity contribution is 4.78. The van der Waals surface area contributed by atoms with Gasteiger partial charge in [0.05, 0.1) is 0 Å². The molecule has 0 aromatic rings. The summed E-state index contributed by atoms with van der Waals surface area (Å²) < 4.78 is 0. The fourth-order valence-corrected chi connectivity index (χ4v) is 2.74. The third-order valence-corrected chi connectivity index (χ3v) is 2.95. The van der Waals surface area contributed by atoms with E-state index in [0.29, 0.717) is 5.41 Å². The van der Waals surface area contributed by atoms with Crippen molar-refractivity contribution in [1.29, 1.82) is 0 Å². The Balaban J connectivity index is 2.55. The van der Waals surface area contributed by atoms with Crippen LogP contribution in [0.1, 0.15) is 53.4 Å². The molecule has 1 aliphatic rings. The van der Waals surface area contributed by atoms with Crippen LogP contribution < -0.4 is 0 Å². The number of hydrogen-bond donors (Lipinski definition) is 0. The van der Waals surface area contributed by atoms with Crippen molar-refractivity contribution in [2.75, 3.05) is 0 Å². The van der Waals surface area contributed by atoms with Crippen molar-refractivity contribution in [3.05, 3.63) is 0 Å². The van der Waals surface area contributed by atoms with Gasteiger partial charge in [-0.15, -0.1) is 0 Å². The van der Waals surface area contributed by atoms with Crippen molar-refractivity contribution in [1.82, 2.24) is 0 Å². The van der Waals surface area contributed by atoms with E-state index in [-0.39, 0.29) is 0 Å². The zero-order chi connectivity index (χ0) is 8.48. The maximum Gasteiger partial charge on any atom is -0.0349 e. The maximum atomic E-state index is 2.42. The van der Waals surface area contributed by atoms with Gasteiger partial charge in [-0.2, -0.15) is 0 Å². The minimum Gasteiger partial charge on any atom is -0.0625 e. The summed E-state index contributed by atoms with van der Waals surface area (Å²) in [4.78, 5) is 0. The van der Waals surface area contributed by atoms with Gasteiger partial charge in [-0.25, -0.2) is 0 Å². The molecule has 0 saturated heterocycles. The Morgan fingerprint density at radius 2 is 1.27 bits per heavy atom. The van der Waals surface area contributed by atoms with Crippen LogP contribution in [0.2, 0.25) is 0 Å². The lowest BCUT2D eigenvalue weighted by Gasteiger charge is -2.26. The lowest BCUT2D eigenvalue weighted by atomic mass is 9.80. The first-order valence-corrected chi connectivity index (χ1v) is 4.99. The van der Waals surface area contributed by atoms with Crippen molar-refractivity contribution in [3.63, 3.8) is 0 Å². The zero-order valence-corrected chi connectivity index (χ0v) is 8.48. The van der Waals surface area contributed by atoms with Crippen LogP contribution in [-0.2, 0) is 0 Å². The highest BCUT2D eigenvalue weighted by atomic mass is 14.3. The average molecular weight is 154 g/mol. The summed E-state index contributed by atoms with van der Waals surface area (Å²) in [6.45, 7) is 9.65. The third kappa shape index (κ3) is 2.84. The summed E-state index contributed by atoms with van der Waals surface area (Å²) in [5.41, 5.74) is 0.606. The summed E-state index contributed by atoms with van der Waals surface area (Å²) >= 11 is 0. The fraction of sp³-hybridized carbons (Fsp3) is 1.00. The van der Waals surface area contributed by atoms with Gasteiger partial charge in [0.25, 0.3) is 0 Å². The standard InChI is InChI=1S/C11H22/c1-9-5-6-10(2)8-11(3,4)7-9/h9-10H,5-8H2,1-4H3/t9-,10?/m0/s1. The number of rotatable bonds is 0. The van der Waals surface area contributed by atoms with Gasteiger partial charge in [-0.05, 0) is 30.1 Å². The molecular formula is C11H22. The van der Waals surface area contributed by atoms with Crippen molar-refractivity contribution >= 4 is 0 Å². The summed E-state index contributed by atoms with van der Waals surface area (Å²) in [6, 6.07) is 0. The van der Waals surface area contributed by atoms with Crippen molar-refractivity contribution in [2.24, 2.45) is 17.3 Å². The predicted octanol–water partition coefficient (Wildman–Crippen LogP) is 3.86. The van der Waals surface area contributed by atoms with Crippen molar-refractivity contribution in [3.8, 4) is 0 Å². The van der Waals surface area contributed by atoms with Crippen LogP contribution in [0.4, 0.5) is 0 Å². The molecule has 1 rings (SSSR count). The molecule has 0 amide bonds. The van der Waals surface area contributed by atoms with Gasteiger partial charge in [0, 0.05) is 0 Å². The van der Waals surface area contributed by atoms with E-state index in [1.54, 1.807) is 0 Å². The molecule has 2 atom stereocenters. The van der Waals surface area contributed by atoms with E-state index in [2.05, 4.69) is 27.7 Å². The van der Waals surface area contributed by atoms with E-state index in [1.807, 2.05) is 0 Å². The molecule has 0 heterocycles. The summed E-state index contributed by atoms with van der Waals surface area (Å²) in [7, 11) is 0. The highest BCUT2D eigenvalue weighted by Gasteiger charge is 2.26. The van der Waals surface area contributed by atoms with Gasteiger partial charge in [0.1, 0.15) is 0 Å². The second-order valence-electron chi connectivity index (χ2n) is 5.36. The Labute approximate surface area is 71.4 Å². The average Bonchev–Trinajstić information content (AvgIpc) is 1.89. The largest absolute Gasteiger partial charge is 0.0625 e. The van der Waals surface area contributed by atoms with Crippen LogP contribution in [-0.4, -0.2) is 0 Å². The van der Waals surface area contributed by atoms with Gasteiger partial charge in [0.2, 0.25) is 0 Å². The molecule has 0 aromatic carbocycles. The number of hydrogen-bond acceptors (Lipinski definition) is 0. The first kappa shape index (κ1) is 9.09.